The van der Waals surface area contributed by atoms with Crippen LogP contribution in [-0.2, 0) is 6.54 Å². The fraction of sp³-hybridized carbons (Fsp3) is 0.467. The molecule has 2 heterocycles. The maximum Gasteiger partial charge on any atom is 0.142 e. The smallest absolute Gasteiger partial charge is 0.142 e. The lowest BCUT2D eigenvalue weighted by atomic mass is 9.92. The van der Waals surface area contributed by atoms with Gasteiger partial charge in [0.15, 0.2) is 0 Å². The van der Waals surface area contributed by atoms with Gasteiger partial charge in [0.25, 0.3) is 0 Å². The van der Waals surface area contributed by atoms with Crippen molar-refractivity contribution in [3.05, 3.63) is 35.5 Å². The van der Waals surface area contributed by atoms with Crippen molar-refractivity contribution in [2.24, 2.45) is 0 Å². The van der Waals surface area contributed by atoms with Crippen molar-refractivity contribution in [2.75, 3.05) is 0 Å². The summed E-state index contributed by atoms with van der Waals surface area (Å²) in [6.07, 6.45) is 5.88. The molecular formula is C15H19N3OS. The van der Waals surface area contributed by atoms with Gasteiger partial charge in [-0.1, -0.05) is 18.9 Å². The summed E-state index contributed by atoms with van der Waals surface area (Å²) in [6.45, 7) is 0.713. The molecular weight excluding hydrogens is 270 g/mol. The molecule has 4 nitrogen and oxygen atoms in total. The second-order valence-corrected chi connectivity index (χ2v) is 6.06. The summed E-state index contributed by atoms with van der Waals surface area (Å²) in [6, 6.07) is 6.06. The normalized spacial score (nSPS) is 22.9. The van der Waals surface area contributed by atoms with E-state index in [4.69, 9.17) is 0 Å². The van der Waals surface area contributed by atoms with E-state index in [0.717, 1.165) is 35.7 Å². The molecule has 1 saturated carbocycles. The van der Waals surface area contributed by atoms with Gasteiger partial charge in [0.1, 0.15) is 5.01 Å². The highest BCUT2D eigenvalue weighted by atomic mass is 32.1. The highest BCUT2D eigenvalue weighted by Gasteiger charge is 2.22. The molecule has 0 unspecified atom stereocenters. The van der Waals surface area contributed by atoms with Gasteiger partial charge in [0.2, 0.25) is 0 Å². The Labute approximate surface area is 122 Å². The van der Waals surface area contributed by atoms with Crippen molar-refractivity contribution in [3.63, 3.8) is 0 Å². The molecule has 2 atom stereocenters. The standard InChI is InChI=1S/C15H19N3OS/c19-14-7-2-1-5-12(14)17-9-11-10-20-15(18-11)13-6-3-4-8-16-13/h3-4,6,8,10,12,14,17,19H,1-2,5,7,9H2/t12-,14-/m0/s1. The van der Waals surface area contributed by atoms with Crippen LogP contribution in [0.5, 0.6) is 0 Å². The number of aliphatic hydroxyl groups is 1. The van der Waals surface area contributed by atoms with Gasteiger partial charge in [-0.25, -0.2) is 4.98 Å². The molecule has 5 heteroatoms. The molecule has 106 valence electrons. The highest BCUT2D eigenvalue weighted by Crippen LogP contribution is 2.22. The van der Waals surface area contributed by atoms with Crippen molar-refractivity contribution < 1.29 is 5.11 Å². The quantitative estimate of drug-likeness (QED) is 0.908. The van der Waals surface area contributed by atoms with Crippen LogP contribution in [0.4, 0.5) is 0 Å². The first kappa shape index (κ1) is 13.7. The van der Waals surface area contributed by atoms with E-state index in [2.05, 4.69) is 20.7 Å². The maximum absolute atomic E-state index is 9.94. The first-order valence-electron chi connectivity index (χ1n) is 7.10. The van der Waals surface area contributed by atoms with Gasteiger partial charge in [-0.15, -0.1) is 11.3 Å². The largest absolute Gasteiger partial charge is 0.392 e. The lowest BCUT2D eigenvalue weighted by molar-refractivity contribution is 0.0901. The molecule has 1 aliphatic carbocycles. The predicted molar refractivity (Wildman–Crippen MR) is 80.4 cm³/mol. The predicted octanol–water partition coefficient (Wildman–Crippen LogP) is 2.60. The van der Waals surface area contributed by atoms with E-state index in [0.29, 0.717) is 6.54 Å². The van der Waals surface area contributed by atoms with E-state index in [1.54, 1.807) is 17.5 Å². The van der Waals surface area contributed by atoms with Crippen LogP contribution in [0.2, 0.25) is 0 Å². The first-order chi connectivity index (χ1) is 9.83. The highest BCUT2D eigenvalue weighted by molar-refractivity contribution is 7.13. The minimum atomic E-state index is -0.211. The summed E-state index contributed by atoms with van der Waals surface area (Å²) >= 11 is 1.61. The van der Waals surface area contributed by atoms with Crippen LogP contribution in [0.3, 0.4) is 0 Å². The number of hydrogen-bond donors (Lipinski definition) is 2. The number of aliphatic hydroxyl groups excluding tert-OH is 1. The average molecular weight is 289 g/mol. The van der Waals surface area contributed by atoms with Gasteiger partial charge in [-0.2, -0.15) is 0 Å². The van der Waals surface area contributed by atoms with Gasteiger partial charge < -0.3 is 10.4 Å². The SMILES string of the molecule is O[C@H]1CCCC[C@@H]1NCc1csc(-c2ccccn2)n1. The lowest BCUT2D eigenvalue weighted by Crippen LogP contribution is -2.41. The third-order valence-corrected chi connectivity index (χ3v) is 4.62. The third-order valence-electron chi connectivity index (χ3n) is 3.71. The van der Waals surface area contributed by atoms with Crippen LogP contribution in [-0.4, -0.2) is 27.2 Å². The van der Waals surface area contributed by atoms with E-state index in [-0.39, 0.29) is 12.1 Å². The Kier molecular flexibility index (Phi) is 4.40. The molecule has 0 aromatic carbocycles. The molecule has 0 radical (unpaired) electrons. The number of pyridine rings is 1. The second-order valence-electron chi connectivity index (χ2n) is 5.20. The van der Waals surface area contributed by atoms with Crippen molar-refractivity contribution in [1.29, 1.82) is 0 Å². The maximum atomic E-state index is 9.94. The van der Waals surface area contributed by atoms with E-state index in [1.165, 1.54) is 6.42 Å². The summed E-state index contributed by atoms with van der Waals surface area (Å²) in [5, 5.41) is 16.4. The number of hydrogen-bond acceptors (Lipinski definition) is 5. The van der Waals surface area contributed by atoms with Gasteiger partial charge in [0, 0.05) is 24.2 Å². The molecule has 20 heavy (non-hydrogen) atoms. The number of nitrogens with one attached hydrogen (secondary N) is 1. The Morgan fingerprint density at radius 3 is 3.00 bits per heavy atom. The van der Waals surface area contributed by atoms with E-state index >= 15 is 0 Å². The first-order valence-corrected chi connectivity index (χ1v) is 7.98. The lowest BCUT2D eigenvalue weighted by Gasteiger charge is -2.28. The molecule has 0 amide bonds. The monoisotopic (exact) mass is 289 g/mol. The Hall–Kier alpha value is -1.30. The van der Waals surface area contributed by atoms with Gasteiger partial charge in [0.05, 0.1) is 17.5 Å². The molecule has 0 aliphatic heterocycles. The van der Waals surface area contributed by atoms with E-state index in [9.17, 15) is 5.11 Å². The fourth-order valence-corrected chi connectivity index (χ4v) is 3.38. The number of rotatable bonds is 4. The van der Waals surface area contributed by atoms with Crippen LogP contribution >= 0.6 is 11.3 Å². The number of aromatic nitrogens is 2. The number of nitrogens with zero attached hydrogens (tertiary/aromatic N) is 2. The molecule has 0 saturated heterocycles. The molecule has 1 fully saturated rings. The Balaban J connectivity index is 1.60. The molecule has 2 N–H and O–H groups in total. The zero-order chi connectivity index (χ0) is 13.8. The summed E-state index contributed by atoms with van der Waals surface area (Å²) in [5.74, 6) is 0. The Morgan fingerprint density at radius 1 is 1.30 bits per heavy atom. The van der Waals surface area contributed by atoms with Crippen LogP contribution in [0.1, 0.15) is 31.4 Å². The van der Waals surface area contributed by atoms with Crippen molar-refractivity contribution in [1.82, 2.24) is 15.3 Å². The summed E-state index contributed by atoms with van der Waals surface area (Å²) in [4.78, 5) is 8.91. The van der Waals surface area contributed by atoms with E-state index in [1.807, 2.05) is 18.2 Å². The molecule has 1 aliphatic rings. The van der Waals surface area contributed by atoms with Crippen LogP contribution < -0.4 is 5.32 Å². The van der Waals surface area contributed by atoms with Crippen molar-refractivity contribution in [2.45, 2.75) is 44.4 Å². The molecule has 2 aromatic rings. The second kappa shape index (κ2) is 6.43. The van der Waals surface area contributed by atoms with Crippen molar-refractivity contribution in [3.8, 4) is 10.7 Å². The fourth-order valence-electron chi connectivity index (χ4n) is 2.58. The topological polar surface area (TPSA) is 58.0 Å². The zero-order valence-electron chi connectivity index (χ0n) is 11.3. The minimum absolute atomic E-state index is 0.211. The minimum Gasteiger partial charge on any atom is -0.392 e. The summed E-state index contributed by atoms with van der Waals surface area (Å²) in [7, 11) is 0. The summed E-state index contributed by atoms with van der Waals surface area (Å²) in [5.41, 5.74) is 1.94. The van der Waals surface area contributed by atoms with Gasteiger partial charge >= 0.3 is 0 Å². The average Bonchev–Trinajstić information content (AvgIpc) is 2.96. The Bertz CT molecular complexity index is 543. The zero-order valence-corrected chi connectivity index (χ0v) is 12.1. The van der Waals surface area contributed by atoms with Crippen molar-refractivity contribution >= 4 is 11.3 Å². The van der Waals surface area contributed by atoms with Crippen LogP contribution in [0.25, 0.3) is 10.7 Å². The molecule has 0 spiro atoms. The number of thiazole rings is 1. The van der Waals surface area contributed by atoms with E-state index < -0.39 is 0 Å². The van der Waals surface area contributed by atoms with Crippen LogP contribution in [0, 0.1) is 0 Å². The molecule has 3 rings (SSSR count). The molecule has 2 aromatic heterocycles. The van der Waals surface area contributed by atoms with Gasteiger partial charge in [-0.05, 0) is 25.0 Å². The van der Waals surface area contributed by atoms with Crippen LogP contribution in [0.15, 0.2) is 29.8 Å². The Morgan fingerprint density at radius 2 is 2.20 bits per heavy atom. The third kappa shape index (κ3) is 3.23. The van der Waals surface area contributed by atoms with Gasteiger partial charge in [-0.3, -0.25) is 4.98 Å². The molecule has 0 bridgehead atoms. The summed E-state index contributed by atoms with van der Waals surface area (Å²) < 4.78 is 0.